The van der Waals surface area contributed by atoms with Crippen molar-refractivity contribution < 1.29 is 0 Å². The highest BCUT2D eigenvalue weighted by Crippen LogP contribution is 2.10. The van der Waals surface area contributed by atoms with E-state index in [1.165, 1.54) is 11.1 Å². The lowest BCUT2D eigenvalue weighted by Gasteiger charge is -1.96. The highest BCUT2D eigenvalue weighted by molar-refractivity contribution is 5.69. The second-order valence-corrected chi connectivity index (χ2v) is 3.98. The molecule has 0 aliphatic rings. The fraction of sp³-hybridized carbons (Fsp3) is 0.0625. The third-order valence-corrected chi connectivity index (χ3v) is 2.59. The minimum absolute atomic E-state index is 0.692. The third kappa shape index (κ3) is 3.06. The van der Waals surface area contributed by atoms with E-state index >= 15 is 0 Å². The highest BCUT2D eigenvalue weighted by Gasteiger charge is 1.90. The zero-order valence-electron chi connectivity index (χ0n) is 9.72. The molecule has 0 saturated heterocycles. The Balaban J connectivity index is 2.14. The lowest BCUT2D eigenvalue weighted by Crippen LogP contribution is -1.76. The Morgan fingerprint density at radius 2 is 1.29 bits per heavy atom. The molecule has 0 spiro atoms. The van der Waals surface area contributed by atoms with E-state index in [1.807, 2.05) is 30.3 Å². The van der Waals surface area contributed by atoms with E-state index in [2.05, 4.69) is 43.3 Å². The molecule has 0 aliphatic carbocycles. The van der Waals surface area contributed by atoms with Gasteiger partial charge < -0.3 is 0 Å². The highest BCUT2D eigenvalue weighted by atomic mass is 14.2. The van der Waals surface area contributed by atoms with Gasteiger partial charge in [-0.15, -0.1) is 0 Å². The number of hydrogen-bond acceptors (Lipinski definition) is 1. The molecule has 82 valence electrons. The van der Waals surface area contributed by atoms with Crippen LogP contribution in [0.2, 0.25) is 0 Å². The number of rotatable bonds is 2. The molecule has 1 heteroatoms. The first-order valence-corrected chi connectivity index (χ1v) is 5.53. The van der Waals surface area contributed by atoms with Gasteiger partial charge in [0.15, 0.2) is 0 Å². The molecule has 2 aromatic carbocycles. The van der Waals surface area contributed by atoms with Gasteiger partial charge in [-0.05, 0) is 30.2 Å². The van der Waals surface area contributed by atoms with Crippen LogP contribution in [0.1, 0.15) is 22.3 Å². The van der Waals surface area contributed by atoms with E-state index < -0.39 is 0 Å². The van der Waals surface area contributed by atoms with Crippen LogP contribution in [0.5, 0.6) is 0 Å². The molecule has 0 saturated carbocycles. The predicted molar refractivity (Wildman–Crippen MR) is 71.3 cm³/mol. The van der Waals surface area contributed by atoms with Crippen molar-refractivity contribution in [3.05, 3.63) is 70.8 Å². The molecule has 17 heavy (non-hydrogen) atoms. The van der Waals surface area contributed by atoms with Crippen LogP contribution in [0, 0.1) is 18.3 Å². The van der Waals surface area contributed by atoms with E-state index in [0.717, 1.165) is 5.56 Å². The summed E-state index contributed by atoms with van der Waals surface area (Å²) in [6.45, 7) is 2.08. The lowest BCUT2D eigenvalue weighted by atomic mass is 10.1. The van der Waals surface area contributed by atoms with Gasteiger partial charge in [0.2, 0.25) is 0 Å². The SMILES string of the molecule is Cc1ccc(/C=C/c2ccc(C#N)cc2)cc1. The summed E-state index contributed by atoms with van der Waals surface area (Å²) in [5.41, 5.74) is 4.24. The van der Waals surface area contributed by atoms with Crippen molar-refractivity contribution in [1.82, 2.24) is 0 Å². The molecule has 0 unspecified atom stereocenters. The monoisotopic (exact) mass is 219 g/mol. The zero-order chi connectivity index (χ0) is 12.1. The molecule has 0 bridgehead atoms. The molecule has 0 atom stereocenters. The maximum atomic E-state index is 8.69. The Bertz CT molecular complexity index is 554. The first kappa shape index (κ1) is 11.2. The largest absolute Gasteiger partial charge is 0.192 e. The Kier molecular flexibility index (Phi) is 3.37. The maximum Gasteiger partial charge on any atom is 0.0991 e. The van der Waals surface area contributed by atoms with Crippen LogP contribution in [0.25, 0.3) is 12.2 Å². The molecule has 0 amide bonds. The normalized spacial score (nSPS) is 10.4. The van der Waals surface area contributed by atoms with Gasteiger partial charge in [-0.3, -0.25) is 0 Å². The number of nitriles is 1. The molecule has 0 N–H and O–H groups in total. The molecule has 0 aromatic heterocycles. The van der Waals surface area contributed by atoms with Crippen molar-refractivity contribution in [3.8, 4) is 6.07 Å². The number of nitrogens with zero attached hydrogens (tertiary/aromatic N) is 1. The number of hydrogen-bond donors (Lipinski definition) is 0. The Morgan fingerprint density at radius 3 is 1.76 bits per heavy atom. The average Bonchev–Trinajstić information content (AvgIpc) is 2.39. The third-order valence-electron chi connectivity index (χ3n) is 2.59. The lowest BCUT2D eigenvalue weighted by molar-refractivity contribution is 1.46. The summed E-state index contributed by atoms with van der Waals surface area (Å²) in [4.78, 5) is 0. The molecular weight excluding hydrogens is 206 g/mol. The van der Waals surface area contributed by atoms with Gasteiger partial charge >= 0.3 is 0 Å². The molecule has 1 nitrogen and oxygen atoms in total. The summed E-state index contributed by atoms with van der Waals surface area (Å²) >= 11 is 0. The summed E-state index contributed by atoms with van der Waals surface area (Å²) in [5, 5.41) is 8.69. The van der Waals surface area contributed by atoms with Crippen LogP contribution >= 0.6 is 0 Å². The van der Waals surface area contributed by atoms with Crippen molar-refractivity contribution in [2.24, 2.45) is 0 Å². The minimum atomic E-state index is 0.692. The first-order chi connectivity index (χ1) is 8.28. The number of aryl methyl sites for hydroxylation is 1. The van der Waals surface area contributed by atoms with Crippen molar-refractivity contribution in [1.29, 1.82) is 5.26 Å². The number of benzene rings is 2. The second kappa shape index (κ2) is 5.14. The fourth-order valence-electron chi connectivity index (χ4n) is 1.54. The molecule has 0 fully saturated rings. The second-order valence-electron chi connectivity index (χ2n) is 3.98. The van der Waals surface area contributed by atoms with Gasteiger partial charge in [0.05, 0.1) is 11.6 Å². The summed E-state index contributed by atoms with van der Waals surface area (Å²) in [6.07, 6.45) is 4.12. The molecular formula is C16H13N. The van der Waals surface area contributed by atoms with E-state index in [9.17, 15) is 0 Å². The van der Waals surface area contributed by atoms with Crippen molar-refractivity contribution >= 4 is 12.2 Å². The van der Waals surface area contributed by atoms with Gasteiger partial charge in [0.1, 0.15) is 0 Å². The molecule has 0 aliphatic heterocycles. The van der Waals surface area contributed by atoms with E-state index in [-0.39, 0.29) is 0 Å². The van der Waals surface area contributed by atoms with Crippen molar-refractivity contribution in [2.45, 2.75) is 6.92 Å². The topological polar surface area (TPSA) is 23.8 Å². The fourth-order valence-corrected chi connectivity index (χ4v) is 1.54. The Morgan fingerprint density at radius 1 is 0.824 bits per heavy atom. The summed E-state index contributed by atoms with van der Waals surface area (Å²) < 4.78 is 0. The quantitative estimate of drug-likeness (QED) is 0.699. The van der Waals surface area contributed by atoms with Gasteiger partial charge in [-0.1, -0.05) is 54.1 Å². The minimum Gasteiger partial charge on any atom is -0.192 e. The van der Waals surface area contributed by atoms with Crippen LogP contribution in [-0.2, 0) is 0 Å². The maximum absolute atomic E-state index is 8.69. The molecule has 0 radical (unpaired) electrons. The Hall–Kier alpha value is -2.33. The first-order valence-electron chi connectivity index (χ1n) is 5.53. The summed E-state index contributed by atoms with van der Waals surface area (Å²) in [6, 6.07) is 18.0. The van der Waals surface area contributed by atoms with Crippen LogP contribution in [0.4, 0.5) is 0 Å². The van der Waals surface area contributed by atoms with E-state index in [1.54, 1.807) is 0 Å². The molecule has 2 rings (SSSR count). The summed E-state index contributed by atoms with van der Waals surface area (Å²) in [5.74, 6) is 0. The van der Waals surface area contributed by atoms with Gasteiger partial charge in [0, 0.05) is 0 Å². The van der Waals surface area contributed by atoms with Gasteiger partial charge in [-0.25, -0.2) is 0 Å². The predicted octanol–water partition coefficient (Wildman–Crippen LogP) is 4.04. The van der Waals surface area contributed by atoms with Crippen molar-refractivity contribution in [2.75, 3.05) is 0 Å². The van der Waals surface area contributed by atoms with Crippen LogP contribution in [-0.4, -0.2) is 0 Å². The van der Waals surface area contributed by atoms with Crippen molar-refractivity contribution in [3.63, 3.8) is 0 Å². The van der Waals surface area contributed by atoms with E-state index in [4.69, 9.17) is 5.26 Å². The molecule has 0 heterocycles. The van der Waals surface area contributed by atoms with Gasteiger partial charge in [-0.2, -0.15) is 5.26 Å². The average molecular weight is 219 g/mol. The van der Waals surface area contributed by atoms with Gasteiger partial charge in [0.25, 0.3) is 0 Å². The van der Waals surface area contributed by atoms with E-state index in [0.29, 0.717) is 5.56 Å². The standard InChI is InChI=1S/C16H13N/c1-13-2-4-14(5-3-13)6-7-15-8-10-16(12-17)11-9-15/h2-11H,1H3/b7-6+. The molecule has 2 aromatic rings. The van der Waals surface area contributed by atoms with Crippen LogP contribution in [0.3, 0.4) is 0 Å². The van der Waals surface area contributed by atoms with Crippen LogP contribution < -0.4 is 0 Å². The summed E-state index contributed by atoms with van der Waals surface area (Å²) in [7, 11) is 0. The Labute approximate surface area is 102 Å². The smallest absolute Gasteiger partial charge is 0.0991 e. The zero-order valence-corrected chi connectivity index (χ0v) is 9.72. The van der Waals surface area contributed by atoms with Crippen LogP contribution in [0.15, 0.2) is 48.5 Å².